The number of benzene rings is 3. The molecule has 0 spiro atoms. The molecule has 2 atom stereocenters. The normalized spacial score (nSPS) is 17.0. The number of rotatable bonds is 6. The number of thiocarbonyl (C=S) groups is 1. The van der Waals surface area contributed by atoms with Crippen LogP contribution in [0.3, 0.4) is 0 Å². The fourth-order valence-corrected chi connectivity index (χ4v) is 4.85. The van der Waals surface area contributed by atoms with Gasteiger partial charge in [-0.3, -0.25) is 4.98 Å². The summed E-state index contributed by atoms with van der Waals surface area (Å²) in [5.41, 5.74) is 2.53. The molecule has 3 aromatic carbocycles. The van der Waals surface area contributed by atoms with Crippen LogP contribution in [0.4, 0.5) is 10.1 Å². The van der Waals surface area contributed by atoms with Gasteiger partial charge in [-0.25, -0.2) is 4.39 Å². The largest absolute Gasteiger partial charge is 0.459 e. The Bertz CT molecular complexity index is 1510. The van der Waals surface area contributed by atoms with Gasteiger partial charge in [0.15, 0.2) is 5.11 Å². The first-order valence-corrected chi connectivity index (χ1v) is 12.3. The van der Waals surface area contributed by atoms with Crippen LogP contribution in [0.1, 0.15) is 23.5 Å². The van der Waals surface area contributed by atoms with Gasteiger partial charge in [0, 0.05) is 17.4 Å². The van der Waals surface area contributed by atoms with E-state index in [9.17, 15) is 4.39 Å². The van der Waals surface area contributed by atoms with Gasteiger partial charge in [0.25, 0.3) is 0 Å². The van der Waals surface area contributed by atoms with Gasteiger partial charge in [-0.05, 0) is 97.1 Å². The summed E-state index contributed by atoms with van der Waals surface area (Å²) >= 11 is 5.80. The Morgan fingerprint density at radius 3 is 2.27 bits per heavy atom. The average Bonchev–Trinajstić information content (AvgIpc) is 3.55. The summed E-state index contributed by atoms with van der Waals surface area (Å²) in [6.07, 6.45) is 1.77. The molecule has 5 aromatic rings. The Morgan fingerprint density at radius 1 is 0.811 bits per heavy atom. The van der Waals surface area contributed by atoms with Crippen molar-refractivity contribution < 1.29 is 13.5 Å². The summed E-state index contributed by atoms with van der Waals surface area (Å²) in [5.74, 6) is 2.57. The lowest BCUT2D eigenvalue weighted by Crippen LogP contribution is -2.29. The molecule has 37 heavy (non-hydrogen) atoms. The molecule has 182 valence electrons. The van der Waals surface area contributed by atoms with Crippen LogP contribution in [0.25, 0.3) is 11.3 Å². The highest BCUT2D eigenvalue weighted by atomic mass is 32.1. The first-order chi connectivity index (χ1) is 18.2. The molecule has 7 heteroatoms. The standard InChI is InChI=1S/C30H22FN3O2S/c31-21-11-9-20(10-12-21)26-17-18-27(36-26)29-28(25-8-4-5-19-32-25)33-30(37)34(29)22-13-15-24(16-14-22)35-23-6-2-1-3-7-23/h1-19,28-29H,(H,33,37)/t28-,29-/m0/s1. The van der Waals surface area contributed by atoms with Crippen molar-refractivity contribution in [2.45, 2.75) is 12.1 Å². The Labute approximate surface area is 219 Å². The van der Waals surface area contributed by atoms with Crippen LogP contribution < -0.4 is 15.0 Å². The number of aromatic nitrogens is 1. The number of ether oxygens (including phenoxy) is 1. The van der Waals surface area contributed by atoms with Crippen molar-refractivity contribution in [2.24, 2.45) is 0 Å². The van der Waals surface area contributed by atoms with E-state index in [4.69, 9.17) is 21.4 Å². The first kappa shape index (κ1) is 22.9. The molecule has 0 amide bonds. The van der Waals surface area contributed by atoms with Gasteiger partial charge in [-0.2, -0.15) is 0 Å². The van der Waals surface area contributed by atoms with Crippen LogP contribution >= 0.6 is 12.2 Å². The Hall–Kier alpha value is -4.49. The number of hydrogen-bond acceptors (Lipinski definition) is 4. The zero-order valence-electron chi connectivity index (χ0n) is 19.6. The number of anilines is 1. The zero-order chi connectivity index (χ0) is 25.2. The van der Waals surface area contributed by atoms with Gasteiger partial charge in [0.1, 0.15) is 34.9 Å². The molecule has 1 aliphatic rings. The van der Waals surface area contributed by atoms with E-state index in [-0.39, 0.29) is 17.9 Å². The lowest BCUT2D eigenvalue weighted by molar-refractivity contribution is 0.439. The number of pyridine rings is 1. The number of halogens is 1. The Kier molecular flexibility index (Phi) is 6.12. The maximum absolute atomic E-state index is 13.4. The molecule has 0 bridgehead atoms. The predicted molar refractivity (Wildman–Crippen MR) is 145 cm³/mol. The highest BCUT2D eigenvalue weighted by Gasteiger charge is 2.42. The lowest BCUT2D eigenvalue weighted by Gasteiger charge is -2.26. The maximum Gasteiger partial charge on any atom is 0.174 e. The summed E-state index contributed by atoms with van der Waals surface area (Å²) in [7, 11) is 0. The van der Waals surface area contributed by atoms with Crippen molar-refractivity contribution in [2.75, 3.05) is 4.90 Å². The summed E-state index contributed by atoms with van der Waals surface area (Å²) in [6.45, 7) is 0. The van der Waals surface area contributed by atoms with E-state index >= 15 is 0 Å². The van der Waals surface area contributed by atoms with Crippen molar-refractivity contribution in [1.29, 1.82) is 0 Å². The molecule has 1 aliphatic heterocycles. The fourth-order valence-electron chi connectivity index (χ4n) is 4.50. The van der Waals surface area contributed by atoms with Crippen molar-refractivity contribution in [1.82, 2.24) is 10.3 Å². The van der Waals surface area contributed by atoms with Crippen molar-refractivity contribution in [3.8, 4) is 22.8 Å². The van der Waals surface area contributed by atoms with Crippen LogP contribution in [-0.2, 0) is 0 Å². The molecule has 0 unspecified atom stereocenters. The first-order valence-electron chi connectivity index (χ1n) is 11.8. The highest BCUT2D eigenvalue weighted by molar-refractivity contribution is 7.80. The van der Waals surface area contributed by atoms with Crippen LogP contribution in [0.5, 0.6) is 11.5 Å². The monoisotopic (exact) mass is 507 g/mol. The second-order valence-electron chi connectivity index (χ2n) is 8.61. The summed E-state index contributed by atoms with van der Waals surface area (Å²) in [4.78, 5) is 6.62. The molecule has 2 aromatic heterocycles. The number of nitrogens with zero attached hydrogens (tertiary/aromatic N) is 2. The van der Waals surface area contributed by atoms with Gasteiger partial charge < -0.3 is 19.4 Å². The van der Waals surface area contributed by atoms with Crippen LogP contribution in [0.15, 0.2) is 120 Å². The van der Waals surface area contributed by atoms with Gasteiger partial charge in [0.2, 0.25) is 0 Å². The molecule has 3 heterocycles. The van der Waals surface area contributed by atoms with E-state index < -0.39 is 0 Å². The summed E-state index contributed by atoms with van der Waals surface area (Å²) < 4.78 is 25.7. The third-order valence-electron chi connectivity index (χ3n) is 6.24. The quantitative estimate of drug-likeness (QED) is 0.241. The van der Waals surface area contributed by atoms with Crippen LogP contribution in [-0.4, -0.2) is 10.1 Å². The topological polar surface area (TPSA) is 50.5 Å². The van der Waals surface area contributed by atoms with Gasteiger partial charge in [-0.1, -0.05) is 24.3 Å². The number of furan rings is 1. The molecular weight excluding hydrogens is 485 g/mol. The van der Waals surface area contributed by atoms with Crippen molar-refractivity contribution in [3.63, 3.8) is 0 Å². The van der Waals surface area contributed by atoms with Gasteiger partial charge >= 0.3 is 0 Å². The third-order valence-corrected chi connectivity index (χ3v) is 6.55. The molecule has 1 saturated heterocycles. The summed E-state index contributed by atoms with van der Waals surface area (Å²) in [6, 6.07) is 32.8. The van der Waals surface area contributed by atoms with Gasteiger partial charge in [-0.15, -0.1) is 0 Å². The van der Waals surface area contributed by atoms with E-state index in [1.54, 1.807) is 18.3 Å². The highest BCUT2D eigenvalue weighted by Crippen LogP contribution is 2.43. The number of hydrogen-bond donors (Lipinski definition) is 1. The second-order valence-corrected chi connectivity index (χ2v) is 9.00. The number of nitrogens with one attached hydrogen (secondary N) is 1. The molecule has 0 radical (unpaired) electrons. The molecule has 1 N–H and O–H groups in total. The van der Waals surface area contributed by atoms with Crippen LogP contribution in [0.2, 0.25) is 0 Å². The Morgan fingerprint density at radius 2 is 1.54 bits per heavy atom. The lowest BCUT2D eigenvalue weighted by atomic mass is 10.0. The van der Waals surface area contributed by atoms with Crippen molar-refractivity contribution in [3.05, 3.63) is 133 Å². The zero-order valence-corrected chi connectivity index (χ0v) is 20.4. The predicted octanol–water partition coefficient (Wildman–Crippen LogP) is 7.45. The summed E-state index contributed by atoms with van der Waals surface area (Å²) in [5, 5.41) is 4.00. The van der Waals surface area contributed by atoms with E-state index in [1.165, 1.54) is 12.1 Å². The maximum atomic E-state index is 13.4. The van der Waals surface area contributed by atoms with E-state index in [0.29, 0.717) is 16.6 Å². The Balaban J connectivity index is 1.35. The van der Waals surface area contributed by atoms with E-state index in [0.717, 1.165) is 28.4 Å². The minimum atomic E-state index is -0.294. The average molecular weight is 508 g/mol. The SMILES string of the molecule is Fc1ccc(-c2ccc([C@H]3[C@H](c4ccccn4)NC(=S)N3c3ccc(Oc4ccccc4)cc3)o2)cc1. The number of para-hydroxylation sites is 1. The minimum absolute atomic E-state index is 0.235. The third kappa shape index (κ3) is 4.69. The van der Waals surface area contributed by atoms with E-state index in [2.05, 4.69) is 10.3 Å². The van der Waals surface area contributed by atoms with Gasteiger partial charge in [0.05, 0.1) is 11.7 Å². The molecule has 0 saturated carbocycles. The molecule has 6 rings (SSSR count). The molecule has 5 nitrogen and oxygen atoms in total. The molecular formula is C30H22FN3O2S. The molecule has 1 fully saturated rings. The molecule has 0 aliphatic carbocycles. The van der Waals surface area contributed by atoms with Crippen molar-refractivity contribution >= 4 is 23.0 Å². The van der Waals surface area contributed by atoms with E-state index in [1.807, 2.05) is 89.8 Å². The fraction of sp³-hybridized carbons (Fsp3) is 0.0667. The van der Waals surface area contributed by atoms with Crippen LogP contribution in [0, 0.1) is 5.82 Å². The minimum Gasteiger partial charge on any atom is -0.459 e. The second kappa shape index (κ2) is 9.87. The smallest absolute Gasteiger partial charge is 0.174 e.